The summed E-state index contributed by atoms with van der Waals surface area (Å²) < 4.78 is 25.0. The van der Waals surface area contributed by atoms with Crippen LogP contribution in [0.4, 0.5) is 0 Å². The van der Waals surface area contributed by atoms with E-state index in [0.717, 1.165) is 231 Å². The van der Waals surface area contributed by atoms with Crippen LogP contribution in [-0.4, -0.2) is 244 Å². The molecule has 776 valence electrons. The number of amides is 16. The molecule has 16 amide bonds. The Morgan fingerprint density at radius 1 is 0.182 bits per heavy atom. The van der Waals surface area contributed by atoms with E-state index in [4.69, 9.17) is 38.3 Å². The number of hydroxylamine groups is 8. The molecule has 4 saturated heterocycles. The number of ether oxygens (including phenoxy) is 4. The largest absolute Gasteiger partial charge is 0.380 e. The second-order valence-electron chi connectivity index (χ2n) is 35.8. The quantitative estimate of drug-likeness (QED) is 0.0207. The number of imide groups is 4. The predicted molar refractivity (Wildman–Crippen MR) is 499 cm³/mol. The number of rotatable bonds is 88. The van der Waals surface area contributed by atoms with E-state index in [9.17, 15) is 95.9 Å². The molecule has 0 aromatic carbocycles. The molecular weight excluding hydrogens is 1780 g/mol. The van der Waals surface area contributed by atoms with E-state index in [2.05, 4.69) is 42.5 Å². The Labute approximate surface area is 807 Å². The van der Waals surface area contributed by atoms with Crippen LogP contribution in [0.15, 0.2) is 0 Å². The molecule has 4 heterocycles. The van der Waals surface area contributed by atoms with Crippen LogP contribution in [0.1, 0.15) is 385 Å². The first-order valence-corrected chi connectivity index (χ1v) is 51.0. The summed E-state index contributed by atoms with van der Waals surface area (Å²) in [6.07, 6.45) is 34.2. The second kappa shape index (κ2) is 76.9. The van der Waals surface area contributed by atoms with Crippen LogP contribution in [0.5, 0.6) is 0 Å². The van der Waals surface area contributed by atoms with Crippen LogP contribution in [0.25, 0.3) is 0 Å². The molecule has 0 aromatic heterocycles. The highest BCUT2D eigenvalue weighted by Gasteiger charge is 2.38. The Balaban J connectivity index is 1.19. The summed E-state index contributed by atoms with van der Waals surface area (Å²) in [5, 5.41) is 25.9. The molecule has 0 spiro atoms. The van der Waals surface area contributed by atoms with Crippen molar-refractivity contribution in [3.8, 4) is 0 Å². The van der Waals surface area contributed by atoms with Gasteiger partial charge in [-0.05, 0) is 103 Å². The fourth-order valence-electron chi connectivity index (χ4n) is 15.3. The number of hydrogen-bond acceptors (Lipinski definition) is 28. The first-order valence-electron chi connectivity index (χ1n) is 51.0. The zero-order chi connectivity index (χ0) is 99.4. The van der Waals surface area contributed by atoms with E-state index in [1.54, 1.807) is 0 Å². The SMILES string of the molecule is O=C(CCCCCCCNC(=O)CCOCC(COCCC(=O)NCCCCCCCC(=O)NCCCCCCCC(=O)ON1C(=O)CCC1=O)(COCCC(=O)NCCCCCCCC(=O)NCCCCCCCC(=O)ON1C(=O)CCC1=O)COCCC(=O)NCCCCCCCC(=O)NCCCCCCCC(=O)ON1C(=O)CCC1=O)NCCCCCCCC(=O)ON1C(=O)CCC1=O. The van der Waals surface area contributed by atoms with Gasteiger partial charge in [0.25, 0.3) is 47.3 Å². The van der Waals surface area contributed by atoms with Gasteiger partial charge in [0.15, 0.2) is 0 Å². The summed E-state index contributed by atoms with van der Waals surface area (Å²) in [6, 6.07) is 0. The third-order valence-electron chi connectivity index (χ3n) is 23.5. The fourth-order valence-corrected chi connectivity index (χ4v) is 15.3. The van der Waals surface area contributed by atoms with Crippen LogP contribution in [0, 0.1) is 5.41 Å². The Bertz CT molecular complexity index is 3160. The van der Waals surface area contributed by atoms with Crippen molar-refractivity contribution in [1.82, 2.24) is 62.8 Å². The highest BCUT2D eigenvalue weighted by molar-refractivity contribution is 6.03. The van der Waals surface area contributed by atoms with E-state index in [1.807, 2.05) is 0 Å². The summed E-state index contributed by atoms with van der Waals surface area (Å²) in [5.74, 6) is -7.41. The maximum absolute atomic E-state index is 13.2. The lowest BCUT2D eigenvalue weighted by atomic mass is 9.92. The second-order valence-corrected chi connectivity index (χ2v) is 35.8. The summed E-state index contributed by atoms with van der Waals surface area (Å²) in [4.78, 5) is 264. The first kappa shape index (κ1) is 119. The van der Waals surface area contributed by atoms with Crippen molar-refractivity contribution in [2.75, 3.05) is 105 Å². The van der Waals surface area contributed by atoms with Gasteiger partial charge in [-0.25, -0.2) is 19.2 Å². The van der Waals surface area contributed by atoms with Crippen molar-refractivity contribution in [1.29, 1.82) is 0 Å². The number of hydrogen-bond donors (Lipinski definition) is 8. The van der Waals surface area contributed by atoms with Gasteiger partial charge >= 0.3 is 23.9 Å². The minimum atomic E-state index is -1.04. The minimum absolute atomic E-state index is 0.0133. The Hall–Kier alpha value is -9.96. The fraction of sp³-hybridized carbons (Fsp3) is 0.794. The maximum atomic E-state index is 13.2. The number of nitrogens with zero attached hydrogens (tertiary/aromatic N) is 4. The van der Waals surface area contributed by atoms with E-state index < -0.39 is 76.5 Å². The molecule has 4 aliphatic heterocycles. The molecule has 137 heavy (non-hydrogen) atoms. The average molecular weight is 1940 g/mol. The molecule has 8 N–H and O–H groups in total. The van der Waals surface area contributed by atoms with Crippen LogP contribution in [-0.2, 0) is 134 Å². The van der Waals surface area contributed by atoms with E-state index in [0.29, 0.717) is 124 Å². The van der Waals surface area contributed by atoms with Crippen LogP contribution in [0.2, 0.25) is 0 Å². The maximum Gasteiger partial charge on any atom is 0.333 e. The highest BCUT2D eigenvalue weighted by atomic mass is 16.7. The first-order chi connectivity index (χ1) is 66.3. The zero-order valence-corrected chi connectivity index (χ0v) is 81.5. The molecule has 4 rings (SSSR count). The van der Waals surface area contributed by atoms with Gasteiger partial charge in [-0.3, -0.25) is 76.7 Å². The Morgan fingerprint density at radius 3 is 0.474 bits per heavy atom. The van der Waals surface area contributed by atoms with E-state index >= 15 is 0 Å². The number of carbonyl (C=O) groups excluding carboxylic acids is 20. The van der Waals surface area contributed by atoms with Crippen LogP contribution in [0.3, 0.4) is 0 Å². The molecule has 0 atom stereocenters. The van der Waals surface area contributed by atoms with Crippen LogP contribution >= 0.6 is 0 Å². The molecule has 0 saturated carbocycles. The molecule has 0 aromatic rings. The van der Waals surface area contributed by atoms with Crippen molar-refractivity contribution >= 4 is 118 Å². The Kier molecular flexibility index (Phi) is 67.0. The van der Waals surface area contributed by atoms with Gasteiger partial charge in [-0.2, -0.15) is 0 Å². The average Bonchev–Trinajstić information content (AvgIpc) is 1.80. The molecular formula is C97H160N12O28. The lowest BCUT2D eigenvalue weighted by Crippen LogP contribution is -2.43. The molecule has 40 nitrogen and oxygen atoms in total. The van der Waals surface area contributed by atoms with Gasteiger partial charge in [0, 0.05) is 181 Å². The summed E-state index contributed by atoms with van der Waals surface area (Å²) >= 11 is 0. The monoisotopic (exact) mass is 1940 g/mol. The number of unbranched alkanes of at least 4 members (excludes halogenated alkanes) is 32. The zero-order valence-electron chi connectivity index (χ0n) is 81.5. The standard InChI is InChI=1S/C97H160N12O28/c110-77(98-61-33-21-5-13-29-45-93(126)134-106-85(118)49-50-86(106)119)41-25-9-1-17-37-65-102-81(114)57-69-130-73-97(74-131-70-58-82(115)103-66-38-18-2-10-26-42-78(111)99-62-34-22-6-14-30-46-94(127)135-107-87(120)51-52-88(107)121,75-132-71-59-83(116)104-67-39-19-3-11-27-43-79(112)100-63-35-23-7-15-31-47-95(128)136-108-89(122)53-54-90(108)123)76-133-72-60-84(117)105-68-40-20-4-12-28-44-80(113)101-64-36-24-8-16-32-48-96(129)137-109-91(124)55-56-92(109)125/h1-76H2,(H,98,110)(H,99,111)(H,100,112)(H,101,113)(H,102,114)(H,103,115)(H,104,116)(H,105,117). The lowest BCUT2D eigenvalue weighted by molar-refractivity contribution is -0.197. The highest BCUT2D eigenvalue weighted by Crippen LogP contribution is 2.24. The van der Waals surface area contributed by atoms with Crippen molar-refractivity contribution in [2.24, 2.45) is 5.41 Å². The molecule has 0 bridgehead atoms. The van der Waals surface area contributed by atoms with Crippen molar-refractivity contribution in [2.45, 2.75) is 385 Å². The van der Waals surface area contributed by atoms with Crippen molar-refractivity contribution in [3.63, 3.8) is 0 Å². The van der Waals surface area contributed by atoms with Gasteiger partial charge in [0.05, 0.1) is 58.3 Å². The third kappa shape index (κ3) is 61.2. The normalized spacial score (nSPS) is 13.8. The van der Waals surface area contributed by atoms with Gasteiger partial charge in [0.1, 0.15) is 0 Å². The molecule has 0 aliphatic carbocycles. The molecule has 0 unspecified atom stereocenters. The summed E-state index contributed by atoms with van der Waals surface area (Å²) in [7, 11) is 0. The molecule has 0 radical (unpaired) electrons. The van der Waals surface area contributed by atoms with Gasteiger partial charge in [-0.15, -0.1) is 20.3 Å². The predicted octanol–water partition coefficient (Wildman–Crippen LogP) is 9.68. The van der Waals surface area contributed by atoms with Gasteiger partial charge in [0.2, 0.25) is 47.3 Å². The number of nitrogens with one attached hydrogen (secondary N) is 8. The minimum Gasteiger partial charge on any atom is -0.380 e. The van der Waals surface area contributed by atoms with Gasteiger partial charge in [-0.1, -0.05) is 154 Å². The lowest BCUT2D eigenvalue weighted by Gasteiger charge is -2.33. The van der Waals surface area contributed by atoms with E-state index in [1.165, 1.54) is 0 Å². The van der Waals surface area contributed by atoms with E-state index in [-0.39, 0.29) is 203 Å². The topological polar surface area (TPSA) is 524 Å². The third-order valence-corrected chi connectivity index (χ3v) is 23.5. The van der Waals surface area contributed by atoms with Crippen LogP contribution < -0.4 is 42.5 Å². The molecule has 40 heteroatoms. The van der Waals surface area contributed by atoms with Crippen molar-refractivity contribution in [3.05, 3.63) is 0 Å². The van der Waals surface area contributed by atoms with Gasteiger partial charge < -0.3 is 80.8 Å². The summed E-state index contributed by atoms with van der Waals surface area (Å²) in [5.41, 5.74) is -1.04. The molecule has 4 aliphatic rings. The Morgan fingerprint density at radius 2 is 0.314 bits per heavy atom. The van der Waals surface area contributed by atoms with Crippen molar-refractivity contribution < 1.29 is 134 Å². The molecule has 4 fully saturated rings. The smallest absolute Gasteiger partial charge is 0.333 e. The summed E-state index contributed by atoms with van der Waals surface area (Å²) in [6.45, 7) is 4.03. The number of carbonyl (C=O) groups is 20.